The number of hydrogen-bond acceptors (Lipinski definition) is 4. The lowest BCUT2D eigenvalue weighted by Crippen LogP contribution is -2.45. The van der Waals surface area contributed by atoms with E-state index in [1.165, 1.54) is 13.3 Å². The predicted molar refractivity (Wildman–Crippen MR) is 94.7 cm³/mol. The summed E-state index contributed by atoms with van der Waals surface area (Å²) in [6.07, 6.45) is 2.11. The van der Waals surface area contributed by atoms with E-state index in [0.717, 1.165) is 5.69 Å². The molecule has 0 N–H and O–H groups in total. The van der Waals surface area contributed by atoms with E-state index in [1.807, 2.05) is 37.3 Å². The van der Waals surface area contributed by atoms with E-state index >= 15 is 0 Å². The van der Waals surface area contributed by atoms with Crippen molar-refractivity contribution in [1.82, 2.24) is 9.88 Å². The molecule has 0 saturated carbocycles. The summed E-state index contributed by atoms with van der Waals surface area (Å²) < 4.78 is 5.02. The Morgan fingerprint density at radius 1 is 1.28 bits per heavy atom. The Balaban J connectivity index is 1.78. The van der Waals surface area contributed by atoms with E-state index < -0.39 is 6.04 Å². The standard InChI is InChI=1S/C19H21N3O3/c1-3-21(18(23)14-9-10-17(25-2)20-13-14)16-11-12-22(19(16)24)15-7-5-4-6-8-15/h4-10,13,16H,3,11-12H2,1-2H3/t16-/m0/s1. The molecule has 1 saturated heterocycles. The average molecular weight is 339 g/mol. The molecule has 1 aliphatic heterocycles. The molecule has 2 aromatic rings. The number of amides is 2. The highest BCUT2D eigenvalue weighted by molar-refractivity contribution is 6.03. The molecule has 0 spiro atoms. The first-order valence-corrected chi connectivity index (χ1v) is 8.33. The van der Waals surface area contributed by atoms with Crippen LogP contribution in [-0.2, 0) is 4.79 Å². The minimum atomic E-state index is -0.445. The van der Waals surface area contributed by atoms with Crippen LogP contribution in [-0.4, -0.2) is 47.9 Å². The molecule has 1 aromatic carbocycles. The molecule has 2 amide bonds. The third-order valence-corrected chi connectivity index (χ3v) is 4.42. The molecule has 0 bridgehead atoms. The Morgan fingerprint density at radius 2 is 2.04 bits per heavy atom. The SMILES string of the molecule is CCN(C(=O)c1ccc(OC)nc1)[C@H]1CCN(c2ccccc2)C1=O. The van der Waals surface area contributed by atoms with Gasteiger partial charge in [0, 0.05) is 31.0 Å². The Kier molecular flexibility index (Phi) is 4.97. The molecule has 3 rings (SSSR count). The van der Waals surface area contributed by atoms with Gasteiger partial charge in [0.25, 0.3) is 5.91 Å². The zero-order valence-electron chi connectivity index (χ0n) is 14.4. The molecule has 0 unspecified atom stereocenters. The predicted octanol–water partition coefficient (Wildman–Crippen LogP) is 2.36. The van der Waals surface area contributed by atoms with E-state index in [9.17, 15) is 9.59 Å². The van der Waals surface area contributed by atoms with Crippen molar-refractivity contribution >= 4 is 17.5 Å². The fraction of sp³-hybridized carbons (Fsp3) is 0.316. The van der Waals surface area contributed by atoms with E-state index in [-0.39, 0.29) is 11.8 Å². The van der Waals surface area contributed by atoms with Crippen LogP contribution < -0.4 is 9.64 Å². The summed E-state index contributed by atoms with van der Waals surface area (Å²) in [5, 5.41) is 0. The fourth-order valence-corrected chi connectivity index (χ4v) is 3.12. The minimum absolute atomic E-state index is 0.0390. The second kappa shape index (κ2) is 7.34. The van der Waals surface area contributed by atoms with E-state index in [2.05, 4.69) is 4.98 Å². The number of aromatic nitrogens is 1. The van der Waals surface area contributed by atoms with Gasteiger partial charge in [0.15, 0.2) is 0 Å². The number of rotatable bonds is 5. The zero-order chi connectivity index (χ0) is 17.8. The molecule has 1 aromatic heterocycles. The molecule has 1 fully saturated rings. The lowest BCUT2D eigenvalue weighted by atomic mass is 10.1. The van der Waals surface area contributed by atoms with Crippen molar-refractivity contribution < 1.29 is 14.3 Å². The summed E-state index contributed by atoms with van der Waals surface area (Å²) in [4.78, 5) is 33.1. The van der Waals surface area contributed by atoms with Crippen molar-refractivity contribution in [2.24, 2.45) is 0 Å². The highest BCUT2D eigenvalue weighted by Gasteiger charge is 2.38. The van der Waals surface area contributed by atoms with Crippen molar-refractivity contribution in [1.29, 1.82) is 0 Å². The maximum atomic E-state index is 12.8. The van der Waals surface area contributed by atoms with Crippen molar-refractivity contribution in [3.63, 3.8) is 0 Å². The average Bonchev–Trinajstić information content (AvgIpc) is 3.04. The number of para-hydroxylation sites is 1. The summed E-state index contributed by atoms with van der Waals surface area (Å²) in [5.41, 5.74) is 1.32. The Bertz CT molecular complexity index is 746. The van der Waals surface area contributed by atoms with E-state index in [4.69, 9.17) is 4.74 Å². The summed E-state index contributed by atoms with van der Waals surface area (Å²) in [7, 11) is 1.53. The fourth-order valence-electron chi connectivity index (χ4n) is 3.12. The van der Waals surface area contributed by atoms with Gasteiger partial charge in [-0.05, 0) is 31.5 Å². The maximum absolute atomic E-state index is 12.8. The largest absolute Gasteiger partial charge is 0.481 e. The number of carbonyl (C=O) groups is 2. The van der Waals surface area contributed by atoms with Crippen LogP contribution >= 0.6 is 0 Å². The van der Waals surface area contributed by atoms with Gasteiger partial charge >= 0.3 is 0 Å². The number of hydrogen-bond donors (Lipinski definition) is 0. The normalized spacial score (nSPS) is 16.8. The van der Waals surface area contributed by atoms with Gasteiger partial charge in [0.2, 0.25) is 11.8 Å². The van der Waals surface area contributed by atoms with Crippen molar-refractivity contribution in [3.8, 4) is 5.88 Å². The first-order chi connectivity index (χ1) is 12.2. The zero-order valence-corrected chi connectivity index (χ0v) is 14.4. The molecule has 6 heteroatoms. The van der Waals surface area contributed by atoms with Crippen LogP contribution in [0.5, 0.6) is 5.88 Å². The highest BCUT2D eigenvalue weighted by atomic mass is 16.5. The van der Waals surface area contributed by atoms with Gasteiger partial charge in [-0.15, -0.1) is 0 Å². The molecule has 2 heterocycles. The van der Waals surface area contributed by atoms with Gasteiger partial charge in [-0.3, -0.25) is 9.59 Å². The lowest BCUT2D eigenvalue weighted by molar-refractivity contribution is -0.120. The third-order valence-electron chi connectivity index (χ3n) is 4.42. The van der Waals surface area contributed by atoms with Crippen LogP contribution in [0.25, 0.3) is 0 Å². The molecule has 0 radical (unpaired) electrons. The van der Waals surface area contributed by atoms with E-state index in [0.29, 0.717) is 31.0 Å². The number of pyridine rings is 1. The number of ether oxygens (including phenoxy) is 1. The second-order valence-corrected chi connectivity index (χ2v) is 5.81. The molecule has 1 atom stereocenters. The second-order valence-electron chi connectivity index (χ2n) is 5.81. The van der Waals surface area contributed by atoms with Crippen LogP contribution in [0.15, 0.2) is 48.7 Å². The number of anilines is 1. The van der Waals surface area contributed by atoms with Crippen LogP contribution in [0.2, 0.25) is 0 Å². The van der Waals surface area contributed by atoms with E-state index in [1.54, 1.807) is 21.9 Å². The number of likely N-dealkylation sites (N-methyl/N-ethyl adjacent to an activating group) is 1. The number of benzene rings is 1. The molecular weight excluding hydrogens is 318 g/mol. The smallest absolute Gasteiger partial charge is 0.256 e. The van der Waals surface area contributed by atoms with Crippen LogP contribution in [0.3, 0.4) is 0 Å². The van der Waals surface area contributed by atoms with Gasteiger partial charge in [-0.1, -0.05) is 18.2 Å². The van der Waals surface area contributed by atoms with Crippen molar-refractivity contribution in [2.45, 2.75) is 19.4 Å². The number of methoxy groups -OCH3 is 1. The molecule has 6 nitrogen and oxygen atoms in total. The number of carbonyl (C=O) groups excluding carboxylic acids is 2. The third kappa shape index (κ3) is 3.33. The summed E-state index contributed by atoms with van der Waals surface area (Å²) in [5.74, 6) is 0.223. The lowest BCUT2D eigenvalue weighted by Gasteiger charge is -2.27. The topological polar surface area (TPSA) is 62.7 Å². The Labute approximate surface area is 147 Å². The summed E-state index contributed by atoms with van der Waals surface area (Å²) in [6, 6.07) is 12.4. The molecule has 0 aliphatic carbocycles. The van der Waals surface area contributed by atoms with Crippen LogP contribution in [0.4, 0.5) is 5.69 Å². The maximum Gasteiger partial charge on any atom is 0.256 e. The molecule has 130 valence electrons. The first kappa shape index (κ1) is 17.0. The highest BCUT2D eigenvalue weighted by Crippen LogP contribution is 2.25. The molecule has 1 aliphatic rings. The van der Waals surface area contributed by atoms with Crippen molar-refractivity contribution in [3.05, 3.63) is 54.2 Å². The first-order valence-electron chi connectivity index (χ1n) is 8.33. The van der Waals surface area contributed by atoms with Gasteiger partial charge in [-0.25, -0.2) is 4.98 Å². The van der Waals surface area contributed by atoms with Gasteiger partial charge in [-0.2, -0.15) is 0 Å². The van der Waals surface area contributed by atoms with Gasteiger partial charge < -0.3 is 14.5 Å². The van der Waals surface area contributed by atoms with Crippen LogP contribution in [0.1, 0.15) is 23.7 Å². The number of nitrogens with zero attached hydrogens (tertiary/aromatic N) is 3. The van der Waals surface area contributed by atoms with Crippen LogP contribution in [0, 0.1) is 0 Å². The molecule has 25 heavy (non-hydrogen) atoms. The van der Waals surface area contributed by atoms with Gasteiger partial charge in [0.05, 0.1) is 12.7 Å². The Hall–Kier alpha value is -2.89. The quantitative estimate of drug-likeness (QED) is 0.839. The van der Waals surface area contributed by atoms with Crippen molar-refractivity contribution in [2.75, 3.05) is 25.1 Å². The minimum Gasteiger partial charge on any atom is -0.481 e. The van der Waals surface area contributed by atoms with Gasteiger partial charge in [0.1, 0.15) is 6.04 Å². The molecular formula is C19H21N3O3. The summed E-state index contributed by atoms with van der Waals surface area (Å²) >= 11 is 0. The monoisotopic (exact) mass is 339 g/mol. The summed E-state index contributed by atoms with van der Waals surface area (Å²) in [6.45, 7) is 2.95. The Morgan fingerprint density at radius 3 is 2.64 bits per heavy atom.